The number of hydrogen-bond donors (Lipinski definition) is 0. The summed E-state index contributed by atoms with van der Waals surface area (Å²) in [5.74, 6) is 2.16. The summed E-state index contributed by atoms with van der Waals surface area (Å²) in [5, 5.41) is 2.29. The topological polar surface area (TPSA) is 44.2 Å². The van der Waals surface area contributed by atoms with Crippen LogP contribution in [0, 0.1) is 0 Å². The molecule has 4 heteroatoms. The lowest BCUT2D eigenvalue weighted by molar-refractivity contribution is 0.293. The summed E-state index contributed by atoms with van der Waals surface area (Å²) in [6.45, 7) is 3.53. The molecular weight excluding hydrogens is 432 g/mol. The third-order valence-electron chi connectivity index (χ3n) is 6.20. The van der Waals surface area contributed by atoms with Gasteiger partial charge in [0.1, 0.15) is 12.4 Å². The van der Waals surface area contributed by atoms with Gasteiger partial charge in [0, 0.05) is 17.8 Å². The molecule has 0 unspecified atom stereocenters. The minimum Gasteiger partial charge on any atom is -0.494 e. The first kappa shape index (κ1) is 24.7. The maximum Gasteiger partial charge on any atom is 0.217 e. The van der Waals surface area contributed by atoms with Crippen molar-refractivity contribution in [2.24, 2.45) is 0 Å². The van der Waals surface area contributed by atoms with Gasteiger partial charge in [0.2, 0.25) is 5.88 Å². The monoisotopic (exact) mass is 468 g/mol. The van der Waals surface area contributed by atoms with E-state index in [1.54, 1.807) is 12.3 Å². The van der Waals surface area contributed by atoms with Gasteiger partial charge in [0.15, 0.2) is 5.82 Å². The molecule has 0 saturated carbocycles. The SMILES string of the molecule is CCCCCCCCCCOc1ccc2cc(-c3nccc(OCc4ccccc4)n3)ccc2c1. The van der Waals surface area contributed by atoms with Crippen molar-refractivity contribution in [1.29, 1.82) is 0 Å². The van der Waals surface area contributed by atoms with Crippen molar-refractivity contribution in [3.8, 4) is 23.0 Å². The minimum atomic E-state index is 0.483. The van der Waals surface area contributed by atoms with E-state index in [-0.39, 0.29) is 0 Å². The highest BCUT2D eigenvalue weighted by molar-refractivity contribution is 5.87. The molecule has 1 heterocycles. The predicted octanol–water partition coefficient (Wildman–Crippen LogP) is 8.40. The zero-order valence-electron chi connectivity index (χ0n) is 20.8. The van der Waals surface area contributed by atoms with E-state index in [1.165, 1.54) is 44.9 Å². The Morgan fingerprint density at radius 2 is 1.43 bits per heavy atom. The zero-order valence-corrected chi connectivity index (χ0v) is 20.8. The highest BCUT2D eigenvalue weighted by Gasteiger charge is 2.06. The van der Waals surface area contributed by atoms with Crippen LogP contribution in [0.2, 0.25) is 0 Å². The molecule has 4 aromatic rings. The van der Waals surface area contributed by atoms with Gasteiger partial charge in [0.25, 0.3) is 0 Å². The molecule has 0 aliphatic rings. The molecule has 35 heavy (non-hydrogen) atoms. The maximum absolute atomic E-state index is 6.01. The van der Waals surface area contributed by atoms with Crippen molar-refractivity contribution in [3.05, 3.63) is 84.6 Å². The molecule has 0 radical (unpaired) electrons. The third-order valence-corrected chi connectivity index (χ3v) is 6.20. The summed E-state index contributed by atoms with van der Waals surface area (Å²) in [6, 6.07) is 24.4. The third kappa shape index (κ3) is 7.81. The fraction of sp³-hybridized carbons (Fsp3) is 0.355. The summed E-state index contributed by atoms with van der Waals surface area (Å²) in [6.07, 6.45) is 12.2. The summed E-state index contributed by atoms with van der Waals surface area (Å²) in [4.78, 5) is 9.07. The molecule has 4 nitrogen and oxygen atoms in total. The number of ether oxygens (including phenoxy) is 2. The lowest BCUT2D eigenvalue weighted by atomic mass is 10.1. The molecule has 0 saturated heterocycles. The van der Waals surface area contributed by atoms with Crippen molar-refractivity contribution in [3.63, 3.8) is 0 Å². The van der Waals surface area contributed by atoms with Crippen LogP contribution in [0.1, 0.15) is 63.9 Å². The zero-order chi connectivity index (χ0) is 24.1. The van der Waals surface area contributed by atoms with Gasteiger partial charge in [-0.2, -0.15) is 4.98 Å². The Bertz CT molecular complexity index is 1180. The molecule has 0 amide bonds. The smallest absolute Gasteiger partial charge is 0.217 e. The number of nitrogens with zero attached hydrogens (tertiary/aromatic N) is 2. The highest BCUT2D eigenvalue weighted by atomic mass is 16.5. The molecule has 0 aliphatic heterocycles. The molecule has 0 bridgehead atoms. The quantitative estimate of drug-likeness (QED) is 0.174. The molecule has 0 spiro atoms. The number of unbranched alkanes of at least 4 members (excludes halogenated alkanes) is 7. The van der Waals surface area contributed by atoms with E-state index in [1.807, 2.05) is 30.3 Å². The van der Waals surface area contributed by atoms with Gasteiger partial charge in [-0.1, -0.05) is 100 Å². The molecule has 4 rings (SSSR count). The summed E-state index contributed by atoms with van der Waals surface area (Å²) in [7, 11) is 0. The Kier molecular flexibility index (Phi) is 9.52. The first-order chi connectivity index (χ1) is 17.3. The lowest BCUT2D eigenvalue weighted by Gasteiger charge is -2.09. The van der Waals surface area contributed by atoms with Crippen LogP contribution in [0.5, 0.6) is 11.6 Å². The highest BCUT2D eigenvalue weighted by Crippen LogP contribution is 2.26. The summed E-state index contributed by atoms with van der Waals surface area (Å²) < 4.78 is 11.9. The molecule has 0 N–H and O–H groups in total. The van der Waals surface area contributed by atoms with Crippen LogP contribution in [-0.2, 0) is 6.61 Å². The second-order valence-corrected chi connectivity index (χ2v) is 9.04. The fourth-order valence-corrected chi connectivity index (χ4v) is 4.17. The molecule has 0 atom stereocenters. The molecule has 182 valence electrons. The molecule has 3 aromatic carbocycles. The van der Waals surface area contributed by atoms with Gasteiger partial charge < -0.3 is 9.47 Å². The number of benzene rings is 3. The van der Waals surface area contributed by atoms with Crippen molar-refractivity contribution >= 4 is 10.8 Å². The number of aromatic nitrogens is 2. The van der Waals surface area contributed by atoms with E-state index < -0.39 is 0 Å². The number of hydrogen-bond acceptors (Lipinski definition) is 4. The lowest BCUT2D eigenvalue weighted by Crippen LogP contribution is -1.99. The van der Waals surface area contributed by atoms with Crippen molar-refractivity contribution < 1.29 is 9.47 Å². The molecule has 1 aromatic heterocycles. The van der Waals surface area contributed by atoms with Crippen LogP contribution in [0.25, 0.3) is 22.2 Å². The molecule has 0 fully saturated rings. The maximum atomic E-state index is 6.01. The van der Waals surface area contributed by atoms with Crippen LogP contribution in [0.3, 0.4) is 0 Å². The first-order valence-corrected chi connectivity index (χ1v) is 13.0. The molecular formula is C31H36N2O2. The van der Waals surface area contributed by atoms with E-state index in [2.05, 4.69) is 53.3 Å². The predicted molar refractivity (Wildman–Crippen MR) is 144 cm³/mol. The van der Waals surface area contributed by atoms with Crippen molar-refractivity contribution in [2.75, 3.05) is 6.61 Å². The second-order valence-electron chi connectivity index (χ2n) is 9.04. The van der Waals surface area contributed by atoms with E-state index in [4.69, 9.17) is 9.47 Å². The van der Waals surface area contributed by atoms with Crippen LogP contribution < -0.4 is 9.47 Å². The van der Waals surface area contributed by atoms with Gasteiger partial charge in [0.05, 0.1) is 6.61 Å². The largest absolute Gasteiger partial charge is 0.494 e. The Morgan fingerprint density at radius 3 is 2.26 bits per heavy atom. The standard InChI is InChI=1S/C31H36N2O2/c1-2-3-4-5-6-7-8-12-21-34-29-18-17-26-22-28(16-15-27(26)23-29)31-32-20-19-30(33-31)35-24-25-13-10-9-11-14-25/h9-11,13-20,22-23H,2-8,12,21,24H2,1H3. The van der Waals surface area contributed by atoms with Crippen LogP contribution >= 0.6 is 0 Å². The first-order valence-electron chi connectivity index (χ1n) is 13.0. The van der Waals surface area contributed by atoms with Gasteiger partial charge in [-0.3, -0.25) is 0 Å². The van der Waals surface area contributed by atoms with Gasteiger partial charge in [-0.15, -0.1) is 0 Å². The Labute approximate surface area is 209 Å². The number of fused-ring (bicyclic) bond motifs is 1. The van der Waals surface area contributed by atoms with Crippen LogP contribution in [0.4, 0.5) is 0 Å². The van der Waals surface area contributed by atoms with E-state index in [9.17, 15) is 0 Å². The summed E-state index contributed by atoms with van der Waals surface area (Å²) >= 11 is 0. The molecule has 0 aliphatic carbocycles. The summed E-state index contributed by atoms with van der Waals surface area (Å²) in [5.41, 5.74) is 2.08. The van der Waals surface area contributed by atoms with Gasteiger partial charge in [-0.25, -0.2) is 4.98 Å². The van der Waals surface area contributed by atoms with Crippen molar-refractivity contribution in [2.45, 2.75) is 64.9 Å². The normalized spacial score (nSPS) is 11.0. The van der Waals surface area contributed by atoms with E-state index >= 15 is 0 Å². The van der Waals surface area contributed by atoms with Crippen LogP contribution in [0.15, 0.2) is 79.0 Å². The van der Waals surface area contributed by atoms with Crippen molar-refractivity contribution in [1.82, 2.24) is 9.97 Å². The van der Waals surface area contributed by atoms with Crippen LogP contribution in [-0.4, -0.2) is 16.6 Å². The Hall–Kier alpha value is -3.40. The number of rotatable bonds is 14. The van der Waals surface area contributed by atoms with Gasteiger partial charge in [-0.05, 0) is 41.0 Å². The Balaban J connectivity index is 1.29. The average Bonchev–Trinajstić information content (AvgIpc) is 2.91. The Morgan fingerprint density at radius 1 is 0.686 bits per heavy atom. The van der Waals surface area contributed by atoms with E-state index in [0.717, 1.165) is 40.7 Å². The van der Waals surface area contributed by atoms with E-state index in [0.29, 0.717) is 18.3 Å². The minimum absolute atomic E-state index is 0.483. The second kappa shape index (κ2) is 13.5. The van der Waals surface area contributed by atoms with Gasteiger partial charge >= 0.3 is 0 Å². The average molecular weight is 469 g/mol. The fourth-order valence-electron chi connectivity index (χ4n) is 4.17.